The van der Waals surface area contributed by atoms with Gasteiger partial charge in [-0.25, -0.2) is 4.98 Å². The van der Waals surface area contributed by atoms with Crippen molar-refractivity contribution in [3.63, 3.8) is 0 Å². The minimum Gasteiger partial charge on any atom is -0.497 e. The van der Waals surface area contributed by atoms with Crippen LogP contribution in [0, 0.1) is 6.92 Å². The highest BCUT2D eigenvalue weighted by atomic mass is 16.5. The van der Waals surface area contributed by atoms with E-state index in [0.29, 0.717) is 12.5 Å². The lowest BCUT2D eigenvalue weighted by Crippen LogP contribution is -2.60. The van der Waals surface area contributed by atoms with Crippen molar-refractivity contribution in [2.24, 2.45) is 0 Å². The van der Waals surface area contributed by atoms with E-state index < -0.39 is 0 Å². The van der Waals surface area contributed by atoms with Crippen molar-refractivity contribution >= 4 is 23.1 Å². The highest BCUT2D eigenvalue weighted by Crippen LogP contribution is 2.34. The number of aromatic nitrogens is 2. The Labute approximate surface area is 215 Å². The van der Waals surface area contributed by atoms with Gasteiger partial charge in [-0.3, -0.25) is 0 Å². The molecule has 1 saturated heterocycles. The van der Waals surface area contributed by atoms with Crippen molar-refractivity contribution < 1.29 is 9.47 Å². The third-order valence-electron chi connectivity index (χ3n) is 6.75. The first-order chi connectivity index (χ1) is 17.2. The van der Waals surface area contributed by atoms with Gasteiger partial charge in [0.25, 0.3) is 0 Å². The average Bonchev–Trinajstić information content (AvgIpc) is 2.85. The molecule has 2 aromatic carbocycles. The molecule has 1 N–H and O–H groups in total. The first-order valence-corrected chi connectivity index (χ1v) is 12.8. The fourth-order valence-electron chi connectivity index (χ4n) is 4.84. The number of benzene rings is 2. The zero-order valence-electron chi connectivity index (χ0n) is 22.6. The number of hydrogen-bond donors (Lipinski definition) is 1. The summed E-state index contributed by atoms with van der Waals surface area (Å²) in [4.78, 5) is 14.2. The predicted octanol–water partition coefficient (Wildman–Crippen LogP) is 6.16. The van der Waals surface area contributed by atoms with Crippen molar-refractivity contribution in [2.45, 2.75) is 53.0 Å². The smallest absolute Gasteiger partial charge is 0.227 e. The molecule has 1 aromatic heterocycles. The monoisotopic (exact) mass is 489 g/mol. The van der Waals surface area contributed by atoms with Crippen LogP contribution in [0.3, 0.4) is 0 Å². The number of anilines is 4. The second-order valence-corrected chi connectivity index (χ2v) is 10.2. The van der Waals surface area contributed by atoms with Gasteiger partial charge in [0.15, 0.2) is 0 Å². The van der Waals surface area contributed by atoms with Gasteiger partial charge in [0.2, 0.25) is 5.95 Å². The molecule has 0 unspecified atom stereocenters. The quantitative estimate of drug-likeness (QED) is 0.406. The van der Waals surface area contributed by atoms with Crippen LogP contribution in [0.25, 0.3) is 0 Å². The van der Waals surface area contributed by atoms with Crippen LogP contribution in [-0.2, 0) is 0 Å². The molecule has 3 aromatic rings. The lowest BCUT2D eigenvalue weighted by atomic mass is 9.98. The van der Waals surface area contributed by atoms with Crippen LogP contribution >= 0.6 is 0 Å². The maximum absolute atomic E-state index is 5.88. The second-order valence-electron chi connectivity index (χ2n) is 10.2. The van der Waals surface area contributed by atoms with Gasteiger partial charge in [-0.2, -0.15) is 4.98 Å². The minimum absolute atomic E-state index is 0.0858. The first kappa shape index (κ1) is 25.6. The molecule has 4 rings (SSSR count). The van der Waals surface area contributed by atoms with Gasteiger partial charge in [-0.15, -0.1) is 0 Å². The summed E-state index contributed by atoms with van der Waals surface area (Å²) in [5.74, 6) is 3.72. The zero-order valence-corrected chi connectivity index (χ0v) is 22.6. The molecule has 0 aliphatic carbocycles. The summed E-state index contributed by atoms with van der Waals surface area (Å²) in [6, 6.07) is 14.5. The van der Waals surface area contributed by atoms with E-state index in [1.54, 1.807) is 7.11 Å². The third-order valence-corrected chi connectivity index (χ3v) is 6.75. The summed E-state index contributed by atoms with van der Waals surface area (Å²) in [5.41, 5.74) is 4.46. The number of methoxy groups -OCH3 is 1. The number of nitrogens with one attached hydrogen (secondary N) is 1. The number of nitrogens with zero attached hydrogens (tertiary/aromatic N) is 4. The molecule has 0 atom stereocenters. The van der Waals surface area contributed by atoms with E-state index in [0.717, 1.165) is 54.2 Å². The molecule has 192 valence electrons. The maximum Gasteiger partial charge on any atom is 0.227 e. The molecule has 0 spiro atoms. The lowest BCUT2D eigenvalue weighted by Gasteiger charge is -2.48. The summed E-state index contributed by atoms with van der Waals surface area (Å²) in [6.07, 6.45) is 1.83. The largest absolute Gasteiger partial charge is 0.497 e. The summed E-state index contributed by atoms with van der Waals surface area (Å²) in [5, 5.41) is 3.53. The Morgan fingerprint density at radius 2 is 1.83 bits per heavy atom. The standard InChI is InChI=1S/C29H39N5O2/c1-8-36-26-17-21(4)25(18-24(26)20(2)3)31-27-13-14-30-28(32-27)33-15-16-34(29(5,6)19-33)22-9-11-23(35-7)12-10-22/h9-14,17-18,20H,8,15-16,19H2,1-7H3,(H,30,31,32). The molecule has 2 heterocycles. The first-order valence-electron chi connectivity index (χ1n) is 12.8. The Kier molecular flexibility index (Phi) is 7.57. The Balaban J connectivity index is 1.52. The van der Waals surface area contributed by atoms with Crippen molar-refractivity contribution in [3.05, 3.63) is 59.8 Å². The molecular weight excluding hydrogens is 450 g/mol. The van der Waals surface area contributed by atoms with E-state index in [9.17, 15) is 0 Å². The third kappa shape index (κ3) is 5.50. The summed E-state index contributed by atoms with van der Waals surface area (Å²) in [6.45, 7) is 16.2. The molecular formula is C29H39N5O2. The number of ether oxygens (including phenoxy) is 2. The van der Waals surface area contributed by atoms with Gasteiger partial charge >= 0.3 is 0 Å². The SMILES string of the molecule is CCOc1cc(C)c(Nc2ccnc(N3CCN(c4ccc(OC)cc4)C(C)(C)C3)n2)cc1C(C)C. The van der Waals surface area contributed by atoms with Crippen molar-refractivity contribution in [1.82, 2.24) is 9.97 Å². The molecule has 0 amide bonds. The minimum atomic E-state index is -0.0858. The van der Waals surface area contributed by atoms with Gasteiger partial charge in [0, 0.05) is 37.2 Å². The zero-order chi connectivity index (χ0) is 25.9. The Morgan fingerprint density at radius 1 is 1.08 bits per heavy atom. The van der Waals surface area contributed by atoms with Crippen molar-refractivity contribution in [1.29, 1.82) is 0 Å². The number of piperazine rings is 1. The Hall–Kier alpha value is -3.48. The molecule has 36 heavy (non-hydrogen) atoms. The number of rotatable bonds is 8. The summed E-state index contributed by atoms with van der Waals surface area (Å²) >= 11 is 0. The van der Waals surface area contributed by atoms with Gasteiger partial charge < -0.3 is 24.6 Å². The number of aryl methyl sites for hydroxylation is 1. The van der Waals surface area contributed by atoms with E-state index >= 15 is 0 Å². The van der Waals surface area contributed by atoms with Crippen LogP contribution in [0.15, 0.2) is 48.7 Å². The average molecular weight is 490 g/mol. The van der Waals surface area contributed by atoms with Crippen LogP contribution in [0.4, 0.5) is 23.1 Å². The fraction of sp³-hybridized carbons (Fsp3) is 0.448. The van der Waals surface area contributed by atoms with E-state index in [4.69, 9.17) is 14.5 Å². The molecule has 7 nitrogen and oxygen atoms in total. The number of hydrogen-bond acceptors (Lipinski definition) is 7. The van der Waals surface area contributed by atoms with Crippen LogP contribution in [0.2, 0.25) is 0 Å². The highest BCUT2D eigenvalue weighted by molar-refractivity contribution is 5.65. The van der Waals surface area contributed by atoms with E-state index in [-0.39, 0.29) is 5.54 Å². The van der Waals surface area contributed by atoms with Crippen LogP contribution in [-0.4, -0.2) is 48.9 Å². The summed E-state index contributed by atoms with van der Waals surface area (Å²) < 4.78 is 11.2. The normalized spacial score (nSPS) is 15.2. The van der Waals surface area contributed by atoms with E-state index in [2.05, 4.69) is 79.0 Å². The van der Waals surface area contributed by atoms with Crippen LogP contribution in [0.1, 0.15) is 51.7 Å². The Morgan fingerprint density at radius 3 is 2.47 bits per heavy atom. The predicted molar refractivity (Wildman–Crippen MR) is 148 cm³/mol. The molecule has 1 fully saturated rings. The second kappa shape index (κ2) is 10.6. The van der Waals surface area contributed by atoms with Gasteiger partial charge in [-0.05, 0) is 87.2 Å². The van der Waals surface area contributed by atoms with Gasteiger partial charge in [0.1, 0.15) is 17.3 Å². The molecule has 0 saturated carbocycles. The Bertz CT molecular complexity index is 1180. The van der Waals surface area contributed by atoms with Gasteiger partial charge in [-0.1, -0.05) is 13.8 Å². The summed E-state index contributed by atoms with van der Waals surface area (Å²) in [7, 11) is 1.70. The molecule has 0 bridgehead atoms. The molecule has 1 aliphatic heterocycles. The van der Waals surface area contributed by atoms with E-state index in [1.165, 1.54) is 11.3 Å². The van der Waals surface area contributed by atoms with Crippen LogP contribution < -0.4 is 24.6 Å². The van der Waals surface area contributed by atoms with Crippen LogP contribution in [0.5, 0.6) is 11.5 Å². The van der Waals surface area contributed by atoms with E-state index in [1.807, 2.05) is 31.3 Å². The molecule has 1 aliphatic rings. The van der Waals surface area contributed by atoms with Crippen molar-refractivity contribution in [3.8, 4) is 11.5 Å². The topological polar surface area (TPSA) is 62.8 Å². The van der Waals surface area contributed by atoms with Gasteiger partial charge in [0.05, 0.1) is 19.3 Å². The molecule has 7 heteroatoms. The lowest BCUT2D eigenvalue weighted by molar-refractivity contribution is 0.335. The maximum atomic E-state index is 5.88. The fourth-order valence-corrected chi connectivity index (χ4v) is 4.84. The van der Waals surface area contributed by atoms with Crippen molar-refractivity contribution in [2.75, 3.05) is 48.5 Å². The molecule has 0 radical (unpaired) electrons. The highest BCUT2D eigenvalue weighted by Gasteiger charge is 2.35.